The highest BCUT2D eigenvalue weighted by molar-refractivity contribution is 7.13. The van der Waals surface area contributed by atoms with Crippen molar-refractivity contribution in [2.24, 2.45) is 0 Å². The molecule has 0 saturated heterocycles. The van der Waals surface area contributed by atoms with Gasteiger partial charge in [0.15, 0.2) is 0 Å². The number of carbonyl (C=O) groups excluding carboxylic acids is 1. The molecule has 6 heteroatoms. The van der Waals surface area contributed by atoms with Crippen LogP contribution < -0.4 is 5.32 Å². The van der Waals surface area contributed by atoms with E-state index in [0.29, 0.717) is 18.7 Å². The number of nitrogens with zero attached hydrogens (tertiary/aromatic N) is 1. The van der Waals surface area contributed by atoms with E-state index in [2.05, 4.69) is 21.7 Å². The Balaban J connectivity index is 1.55. The Morgan fingerprint density at radius 2 is 2.00 bits per heavy atom. The Morgan fingerprint density at radius 3 is 2.72 bits per heavy atom. The molecular weight excluding hydrogens is 352 g/mol. The molecule has 25 heavy (non-hydrogen) atoms. The van der Waals surface area contributed by atoms with Crippen LogP contribution >= 0.6 is 22.7 Å². The highest BCUT2D eigenvalue weighted by atomic mass is 32.1. The van der Waals surface area contributed by atoms with Crippen molar-refractivity contribution in [3.05, 3.63) is 63.8 Å². The quantitative estimate of drug-likeness (QED) is 0.624. The van der Waals surface area contributed by atoms with E-state index in [1.54, 1.807) is 16.7 Å². The fourth-order valence-corrected chi connectivity index (χ4v) is 4.23. The third kappa shape index (κ3) is 4.75. The number of hydrogen-bond donors (Lipinski definition) is 2. The van der Waals surface area contributed by atoms with E-state index in [4.69, 9.17) is 0 Å². The molecule has 1 atom stereocenters. The Bertz CT molecular complexity index is 785. The molecule has 0 aliphatic rings. The summed E-state index contributed by atoms with van der Waals surface area (Å²) in [7, 11) is 0. The van der Waals surface area contributed by atoms with Crippen molar-refractivity contribution in [2.75, 3.05) is 13.2 Å². The molecule has 1 aromatic carbocycles. The Hall–Kier alpha value is -2.02. The van der Waals surface area contributed by atoms with Crippen molar-refractivity contribution < 1.29 is 9.90 Å². The normalized spacial score (nSPS) is 12.0. The van der Waals surface area contributed by atoms with Crippen LogP contribution in [0.4, 0.5) is 0 Å². The monoisotopic (exact) mass is 372 g/mol. The highest BCUT2D eigenvalue weighted by Gasteiger charge is 2.14. The predicted molar refractivity (Wildman–Crippen MR) is 103 cm³/mol. The molecule has 0 radical (unpaired) electrons. The Kier molecular flexibility index (Phi) is 6.33. The number of rotatable bonds is 8. The smallest absolute Gasteiger partial charge is 0.270 e. The molecule has 0 fully saturated rings. The van der Waals surface area contributed by atoms with E-state index in [-0.39, 0.29) is 18.4 Å². The minimum atomic E-state index is -0.147. The van der Waals surface area contributed by atoms with Crippen LogP contribution in [0.2, 0.25) is 0 Å². The topological polar surface area (TPSA) is 62.2 Å². The molecule has 2 N–H and O–H groups in total. The van der Waals surface area contributed by atoms with Crippen LogP contribution in [0.5, 0.6) is 0 Å². The van der Waals surface area contributed by atoms with Crippen LogP contribution in [0.1, 0.15) is 34.8 Å². The van der Waals surface area contributed by atoms with Gasteiger partial charge >= 0.3 is 0 Å². The van der Waals surface area contributed by atoms with Crippen molar-refractivity contribution in [1.29, 1.82) is 0 Å². The second-order valence-electron chi connectivity index (χ2n) is 5.71. The van der Waals surface area contributed by atoms with Crippen molar-refractivity contribution in [3.63, 3.8) is 0 Å². The van der Waals surface area contributed by atoms with Crippen LogP contribution in [-0.2, 0) is 0 Å². The van der Waals surface area contributed by atoms with Gasteiger partial charge in [-0.05, 0) is 41.1 Å². The summed E-state index contributed by atoms with van der Waals surface area (Å²) in [5, 5.41) is 19.0. The van der Waals surface area contributed by atoms with Crippen LogP contribution in [0.15, 0.2) is 52.5 Å². The minimum absolute atomic E-state index is 0.147. The lowest BCUT2D eigenvalue weighted by Gasteiger charge is -2.14. The summed E-state index contributed by atoms with van der Waals surface area (Å²) >= 11 is 3.13. The maximum atomic E-state index is 12.3. The van der Waals surface area contributed by atoms with Gasteiger partial charge in [-0.3, -0.25) is 4.79 Å². The maximum absolute atomic E-state index is 12.3. The number of carbonyl (C=O) groups is 1. The van der Waals surface area contributed by atoms with Gasteiger partial charge in [0.1, 0.15) is 10.7 Å². The Morgan fingerprint density at radius 1 is 1.16 bits per heavy atom. The lowest BCUT2D eigenvalue weighted by Crippen LogP contribution is -2.26. The van der Waals surface area contributed by atoms with Gasteiger partial charge in [0.2, 0.25) is 0 Å². The number of benzene rings is 1. The summed E-state index contributed by atoms with van der Waals surface area (Å²) in [6.45, 7) is 0.721. The van der Waals surface area contributed by atoms with Crippen LogP contribution in [0.3, 0.4) is 0 Å². The van der Waals surface area contributed by atoms with Crippen molar-refractivity contribution in [1.82, 2.24) is 10.3 Å². The summed E-state index contributed by atoms with van der Waals surface area (Å²) < 4.78 is 0. The van der Waals surface area contributed by atoms with Crippen molar-refractivity contribution >= 4 is 28.6 Å². The third-order valence-corrected chi connectivity index (χ3v) is 5.62. The van der Waals surface area contributed by atoms with Gasteiger partial charge in [0.05, 0.1) is 0 Å². The summed E-state index contributed by atoms with van der Waals surface area (Å²) in [4.78, 5) is 16.7. The SMILES string of the molecule is O=C(NCC[C@@H](CCO)c1ccsc1)c1csc(-c2ccccc2)n1. The molecule has 4 nitrogen and oxygen atoms in total. The fraction of sp³-hybridized carbons (Fsp3) is 0.263. The number of thiophene rings is 1. The molecule has 130 valence electrons. The molecule has 0 aliphatic carbocycles. The number of aromatic nitrogens is 1. The summed E-state index contributed by atoms with van der Waals surface area (Å²) in [5.74, 6) is 0.123. The molecule has 3 rings (SSSR count). The molecule has 0 unspecified atom stereocenters. The van der Waals surface area contributed by atoms with E-state index in [0.717, 1.165) is 17.0 Å². The van der Waals surface area contributed by atoms with Crippen LogP contribution in [0, 0.1) is 0 Å². The average Bonchev–Trinajstić information content (AvgIpc) is 3.33. The standard InChI is InChI=1S/C19H20N2O2S2/c22-10-7-14(16-8-11-24-12-16)6-9-20-18(23)17-13-25-19(21-17)15-4-2-1-3-5-15/h1-5,8,11-14,22H,6-7,9-10H2,(H,20,23)/t14-/m0/s1. The number of aliphatic hydroxyl groups is 1. The van der Waals surface area contributed by atoms with Gasteiger partial charge in [-0.2, -0.15) is 11.3 Å². The first kappa shape index (κ1) is 17.8. The first-order valence-corrected chi connectivity index (χ1v) is 10.0. The van der Waals surface area contributed by atoms with Gasteiger partial charge in [-0.25, -0.2) is 4.98 Å². The van der Waals surface area contributed by atoms with Gasteiger partial charge in [-0.1, -0.05) is 30.3 Å². The van der Waals surface area contributed by atoms with Gasteiger partial charge in [-0.15, -0.1) is 11.3 Å². The summed E-state index contributed by atoms with van der Waals surface area (Å²) in [5.41, 5.74) is 2.71. The predicted octanol–water partition coefficient (Wildman–Crippen LogP) is 4.16. The number of amides is 1. The van der Waals surface area contributed by atoms with E-state index in [9.17, 15) is 9.90 Å². The van der Waals surface area contributed by atoms with Crippen molar-refractivity contribution in [2.45, 2.75) is 18.8 Å². The molecule has 0 bridgehead atoms. The van der Waals surface area contributed by atoms with Gasteiger partial charge in [0, 0.05) is 24.1 Å². The zero-order chi connectivity index (χ0) is 17.5. The molecule has 2 aromatic heterocycles. The first-order valence-electron chi connectivity index (χ1n) is 8.20. The molecule has 0 spiro atoms. The lowest BCUT2D eigenvalue weighted by atomic mass is 9.95. The molecule has 0 saturated carbocycles. The van der Waals surface area contributed by atoms with Crippen LogP contribution in [-0.4, -0.2) is 29.1 Å². The summed E-state index contributed by atoms with van der Waals surface area (Å²) in [6.07, 6.45) is 1.51. The molecule has 1 amide bonds. The average molecular weight is 373 g/mol. The van der Waals surface area contributed by atoms with E-state index in [1.807, 2.05) is 35.7 Å². The fourth-order valence-electron chi connectivity index (χ4n) is 2.68. The molecule has 2 heterocycles. The molecular formula is C19H20N2O2S2. The van der Waals surface area contributed by atoms with Crippen LogP contribution in [0.25, 0.3) is 10.6 Å². The number of thiazole rings is 1. The van der Waals surface area contributed by atoms with E-state index in [1.165, 1.54) is 16.9 Å². The van der Waals surface area contributed by atoms with Crippen molar-refractivity contribution in [3.8, 4) is 10.6 Å². The largest absolute Gasteiger partial charge is 0.396 e. The molecule has 0 aliphatic heterocycles. The summed E-state index contributed by atoms with van der Waals surface area (Å²) in [6, 6.07) is 11.9. The Labute approximate surface area is 155 Å². The maximum Gasteiger partial charge on any atom is 0.270 e. The van der Waals surface area contributed by atoms with E-state index < -0.39 is 0 Å². The number of hydrogen-bond acceptors (Lipinski definition) is 5. The second-order valence-corrected chi connectivity index (χ2v) is 7.35. The zero-order valence-corrected chi connectivity index (χ0v) is 15.4. The second kappa shape index (κ2) is 8.89. The van der Waals surface area contributed by atoms with E-state index >= 15 is 0 Å². The lowest BCUT2D eigenvalue weighted by molar-refractivity contribution is 0.0948. The zero-order valence-electron chi connectivity index (χ0n) is 13.7. The number of aliphatic hydroxyl groups excluding tert-OH is 1. The first-order chi connectivity index (χ1) is 12.3. The number of nitrogens with one attached hydrogen (secondary N) is 1. The minimum Gasteiger partial charge on any atom is -0.396 e. The highest BCUT2D eigenvalue weighted by Crippen LogP contribution is 2.25. The molecule has 3 aromatic rings. The van der Waals surface area contributed by atoms with Gasteiger partial charge < -0.3 is 10.4 Å². The third-order valence-electron chi connectivity index (χ3n) is 4.03. The van der Waals surface area contributed by atoms with Gasteiger partial charge in [0.25, 0.3) is 5.91 Å².